The number of thiophene rings is 1. The summed E-state index contributed by atoms with van der Waals surface area (Å²) in [6.07, 6.45) is 0.619. The molecule has 0 radical (unpaired) electrons. The molecule has 0 bridgehead atoms. The van der Waals surface area contributed by atoms with Crippen molar-refractivity contribution in [1.29, 1.82) is 0 Å². The molecule has 3 N–H and O–H groups in total. The largest absolute Gasteiger partial charge is 0.479 e. The molecule has 2 amide bonds. The van der Waals surface area contributed by atoms with Gasteiger partial charge in [-0.3, -0.25) is 0 Å². The minimum Gasteiger partial charge on any atom is -0.479 e. The van der Waals surface area contributed by atoms with Gasteiger partial charge in [0, 0.05) is 23.2 Å². The third-order valence-electron chi connectivity index (χ3n) is 2.50. The first-order valence-electron chi connectivity index (χ1n) is 5.84. The maximum Gasteiger partial charge on any atom is 0.331 e. The Labute approximate surface area is 123 Å². The lowest BCUT2D eigenvalue weighted by molar-refractivity contribution is -0.139. The fourth-order valence-electron chi connectivity index (χ4n) is 1.56. The highest BCUT2D eigenvalue weighted by Gasteiger charge is 2.22. The standard InChI is InChI=1S/C12H13N3O3S2/c16-11(17)10(9-2-1-5-20-9)15-12(18)13-4-3-8-6-19-7-14-8/h1-2,5-7,10H,3-4H2,(H,16,17)(H2,13,15,18). The van der Waals surface area contributed by atoms with Crippen LogP contribution >= 0.6 is 22.7 Å². The number of hydrogen-bond acceptors (Lipinski definition) is 5. The maximum absolute atomic E-state index is 11.7. The molecule has 0 aromatic carbocycles. The molecular formula is C12H13N3O3S2. The normalized spacial score (nSPS) is 11.8. The highest BCUT2D eigenvalue weighted by atomic mass is 32.1. The highest BCUT2D eigenvalue weighted by molar-refractivity contribution is 7.10. The van der Waals surface area contributed by atoms with Crippen molar-refractivity contribution in [2.75, 3.05) is 6.54 Å². The number of carbonyl (C=O) groups is 2. The molecule has 0 aliphatic rings. The number of aliphatic carboxylic acids is 1. The van der Waals surface area contributed by atoms with Gasteiger partial charge >= 0.3 is 12.0 Å². The van der Waals surface area contributed by atoms with Crippen LogP contribution in [0, 0.1) is 0 Å². The van der Waals surface area contributed by atoms with E-state index in [0.717, 1.165) is 5.69 Å². The average molecular weight is 311 g/mol. The van der Waals surface area contributed by atoms with Gasteiger partial charge in [-0.25, -0.2) is 14.6 Å². The Morgan fingerprint density at radius 3 is 2.90 bits per heavy atom. The molecule has 2 aromatic heterocycles. The first-order valence-corrected chi connectivity index (χ1v) is 7.66. The van der Waals surface area contributed by atoms with Crippen LogP contribution in [0.1, 0.15) is 16.6 Å². The minimum atomic E-state index is -1.08. The zero-order chi connectivity index (χ0) is 14.4. The summed E-state index contributed by atoms with van der Waals surface area (Å²) >= 11 is 2.79. The number of rotatable bonds is 6. The van der Waals surface area contributed by atoms with E-state index in [1.165, 1.54) is 22.7 Å². The summed E-state index contributed by atoms with van der Waals surface area (Å²) in [5.41, 5.74) is 2.63. The van der Waals surface area contributed by atoms with E-state index >= 15 is 0 Å². The zero-order valence-electron chi connectivity index (χ0n) is 10.4. The van der Waals surface area contributed by atoms with Crippen LogP contribution < -0.4 is 10.6 Å². The zero-order valence-corrected chi connectivity index (χ0v) is 12.0. The van der Waals surface area contributed by atoms with Crippen molar-refractivity contribution >= 4 is 34.7 Å². The predicted octanol–water partition coefficient (Wildman–Crippen LogP) is 1.87. The monoisotopic (exact) mass is 311 g/mol. The smallest absolute Gasteiger partial charge is 0.331 e. The van der Waals surface area contributed by atoms with Gasteiger partial charge in [-0.1, -0.05) is 6.07 Å². The Hall–Kier alpha value is -1.93. The fraction of sp³-hybridized carbons (Fsp3) is 0.250. The molecule has 0 aliphatic carbocycles. The number of thiazole rings is 1. The lowest BCUT2D eigenvalue weighted by Gasteiger charge is -2.13. The van der Waals surface area contributed by atoms with E-state index in [1.807, 2.05) is 5.38 Å². The summed E-state index contributed by atoms with van der Waals surface area (Å²) in [6.45, 7) is 0.409. The van der Waals surface area contributed by atoms with Crippen molar-refractivity contribution in [3.05, 3.63) is 39.0 Å². The third-order valence-corrected chi connectivity index (χ3v) is 4.07. The number of urea groups is 1. The molecule has 106 valence electrons. The van der Waals surface area contributed by atoms with Gasteiger partial charge in [-0.15, -0.1) is 22.7 Å². The summed E-state index contributed by atoms with van der Waals surface area (Å²) < 4.78 is 0. The molecular weight excluding hydrogens is 298 g/mol. The van der Waals surface area contributed by atoms with Gasteiger partial charge in [0.25, 0.3) is 0 Å². The second-order valence-corrected chi connectivity index (χ2v) is 5.61. The van der Waals surface area contributed by atoms with Gasteiger partial charge in [-0.2, -0.15) is 0 Å². The number of nitrogens with zero attached hydrogens (tertiary/aromatic N) is 1. The lowest BCUT2D eigenvalue weighted by atomic mass is 10.2. The average Bonchev–Trinajstić information content (AvgIpc) is 3.08. The number of carbonyl (C=O) groups excluding carboxylic acids is 1. The Morgan fingerprint density at radius 2 is 2.30 bits per heavy atom. The molecule has 1 atom stereocenters. The van der Waals surface area contributed by atoms with Gasteiger partial charge in [0.1, 0.15) is 0 Å². The van der Waals surface area contributed by atoms with E-state index in [0.29, 0.717) is 17.8 Å². The van der Waals surface area contributed by atoms with Crippen LogP contribution in [0.2, 0.25) is 0 Å². The van der Waals surface area contributed by atoms with Crippen LogP contribution in [0.25, 0.3) is 0 Å². The molecule has 2 heterocycles. The Kier molecular flexibility index (Phi) is 5.08. The van der Waals surface area contributed by atoms with Crippen LogP contribution in [0.3, 0.4) is 0 Å². The van der Waals surface area contributed by atoms with Crippen LogP contribution in [0.4, 0.5) is 4.79 Å². The third kappa shape index (κ3) is 4.04. The predicted molar refractivity (Wildman–Crippen MR) is 77.0 cm³/mol. The van der Waals surface area contributed by atoms with E-state index < -0.39 is 18.0 Å². The van der Waals surface area contributed by atoms with Gasteiger partial charge in [0.15, 0.2) is 6.04 Å². The first-order chi connectivity index (χ1) is 9.66. The molecule has 0 fully saturated rings. The van der Waals surface area contributed by atoms with Crippen LogP contribution in [0.5, 0.6) is 0 Å². The van der Waals surface area contributed by atoms with Crippen LogP contribution in [-0.2, 0) is 11.2 Å². The molecule has 20 heavy (non-hydrogen) atoms. The SMILES string of the molecule is O=C(NCCc1cscn1)NC(C(=O)O)c1cccs1. The highest BCUT2D eigenvalue weighted by Crippen LogP contribution is 2.18. The van der Waals surface area contributed by atoms with Crippen molar-refractivity contribution in [1.82, 2.24) is 15.6 Å². The van der Waals surface area contributed by atoms with Gasteiger partial charge in [-0.05, 0) is 11.4 Å². The quantitative estimate of drug-likeness (QED) is 0.759. The van der Waals surface area contributed by atoms with Gasteiger partial charge in [0.2, 0.25) is 0 Å². The second kappa shape index (κ2) is 7.01. The van der Waals surface area contributed by atoms with Crippen molar-refractivity contribution < 1.29 is 14.7 Å². The van der Waals surface area contributed by atoms with Crippen molar-refractivity contribution in [2.45, 2.75) is 12.5 Å². The molecule has 0 saturated carbocycles. The Morgan fingerprint density at radius 1 is 1.45 bits per heavy atom. The molecule has 6 nitrogen and oxygen atoms in total. The number of nitrogens with one attached hydrogen (secondary N) is 2. The number of amides is 2. The van der Waals surface area contributed by atoms with Crippen molar-refractivity contribution in [3.63, 3.8) is 0 Å². The lowest BCUT2D eigenvalue weighted by Crippen LogP contribution is -2.41. The van der Waals surface area contributed by atoms with Gasteiger partial charge in [0.05, 0.1) is 11.2 Å². The number of carboxylic acids is 1. The molecule has 2 aromatic rings. The first kappa shape index (κ1) is 14.5. The number of aromatic nitrogens is 1. The number of hydrogen-bond donors (Lipinski definition) is 3. The van der Waals surface area contributed by atoms with Crippen LogP contribution in [0.15, 0.2) is 28.4 Å². The van der Waals surface area contributed by atoms with Gasteiger partial charge < -0.3 is 15.7 Å². The fourth-order valence-corrected chi connectivity index (χ4v) is 2.92. The van der Waals surface area contributed by atoms with E-state index in [4.69, 9.17) is 5.11 Å². The molecule has 8 heteroatoms. The maximum atomic E-state index is 11.7. The van der Waals surface area contributed by atoms with E-state index in [9.17, 15) is 9.59 Å². The summed E-state index contributed by atoms with van der Waals surface area (Å²) in [4.78, 5) is 27.5. The summed E-state index contributed by atoms with van der Waals surface area (Å²) in [7, 11) is 0. The summed E-state index contributed by atoms with van der Waals surface area (Å²) in [6, 6.07) is 1.91. The second-order valence-electron chi connectivity index (χ2n) is 3.92. The van der Waals surface area contributed by atoms with Crippen LogP contribution in [-0.4, -0.2) is 28.6 Å². The summed E-state index contributed by atoms with van der Waals surface area (Å²) in [5, 5.41) is 17.9. The Balaban J connectivity index is 1.81. The summed E-state index contributed by atoms with van der Waals surface area (Å²) in [5.74, 6) is -1.08. The van der Waals surface area contributed by atoms with Crippen molar-refractivity contribution in [3.8, 4) is 0 Å². The van der Waals surface area contributed by atoms with Crippen molar-refractivity contribution in [2.24, 2.45) is 0 Å². The molecule has 2 rings (SSSR count). The van der Waals surface area contributed by atoms with E-state index in [2.05, 4.69) is 15.6 Å². The minimum absolute atomic E-state index is 0.409. The topological polar surface area (TPSA) is 91.3 Å². The van der Waals surface area contributed by atoms with E-state index in [1.54, 1.807) is 23.0 Å². The number of carboxylic acid groups (broad SMARTS) is 1. The molecule has 0 aliphatic heterocycles. The Bertz CT molecular complexity index is 555. The molecule has 0 spiro atoms. The van der Waals surface area contributed by atoms with E-state index in [-0.39, 0.29) is 0 Å². The molecule has 0 saturated heterocycles. The molecule has 1 unspecified atom stereocenters.